The van der Waals surface area contributed by atoms with Gasteiger partial charge in [-0.3, -0.25) is 4.99 Å². The maximum absolute atomic E-state index is 10.6. The Bertz CT molecular complexity index is 429. The van der Waals surface area contributed by atoms with Crippen molar-refractivity contribution in [1.82, 2.24) is 10.6 Å². The van der Waals surface area contributed by atoms with Crippen LogP contribution in [0, 0.1) is 0 Å². The van der Waals surface area contributed by atoms with E-state index in [1.807, 2.05) is 13.8 Å². The molecule has 11 heteroatoms. The van der Waals surface area contributed by atoms with Crippen LogP contribution in [-0.4, -0.2) is 48.4 Å². The fourth-order valence-corrected chi connectivity index (χ4v) is 1.70. The van der Waals surface area contributed by atoms with Crippen molar-refractivity contribution in [3.8, 4) is 0 Å². The van der Waals surface area contributed by atoms with Crippen molar-refractivity contribution in [3.63, 3.8) is 0 Å². The minimum absolute atomic E-state index is 0.331. The van der Waals surface area contributed by atoms with Gasteiger partial charge in [0.1, 0.15) is 0 Å². The molecule has 8 nitrogen and oxygen atoms in total. The predicted molar refractivity (Wildman–Crippen MR) is 93.7 cm³/mol. The summed E-state index contributed by atoms with van der Waals surface area (Å²) in [6.45, 7) is 5.54. The smallest absolute Gasteiger partial charge is 0.475 e. The Labute approximate surface area is 151 Å². The number of carbonyl (C=O) groups excluding carboxylic acids is 1. The topological polar surface area (TPSA) is 143 Å². The number of carboxylic acids is 1. The number of halogens is 3. The lowest BCUT2D eigenvalue weighted by atomic mass is 10.1. The number of aliphatic imine (C=N–C) groups is 1. The largest absolute Gasteiger partial charge is 0.490 e. The summed E-state index contributed by atoms with van der Waals surface area (Å²) in [5.74, 6) is -2.22. The molecule has 0 atom stereocenters. The van der Waals surface area contributed by atoms with Crippen molar-refractivity contribution in [3.05, 3.63) is 0 Å². The number of carbonyl (C=O) groups is 2. The third-order valence-corrected chi connectivity index (χ3v) is 2.85. The number of alkyl halides is 3. The zero-order valence-electron chi connectivity index (χ0n) is 15.2. The van der Waals surface area contributed by atoms with Gasteiger partial charge in [0.2, 0.25) is 0 Å². The highest BCUT2D eigenvalue weighted by molar-refractivity contribution is 5.78. The van der Waals surface area contributed by atoms with E-state index in [9.17, 15) is 18.0 Å². The van der Waals surface area contributed by atoms with Crippen LogP contribution in [-0.2, 0) is 4.79 Å². The first kappa shape index (κ1) is 26.0. The summed E-state index contributed by atoms with van der Waals surface area (Å²) in [6.07, 6.45) is 1.65. The Morgan fingerprint density at radius 3 is 1.92 bits per heavy atom. The van der Waals surface area contributed by atoms with Crippen molar-refractivity contribution in [2.24, 2.45) is 16.5 Å². The van der Waals surface area contributed by atoms with Crippen molar-refractivity contribution >= 4 is 18.0 Å². The molecule has 0 saturated carbocycles. The van der Waals surface area contributed by atoms with Gasteiger partial charge in [0.05, 0.1) is 0 Å². The summed E-state index contributed by atoms with van der Waals surface area (Å²) in [4.78, 5) is 23.6. The highest BCUT2D eigenvalue weighted by atomic mass is 19.4. The quantitative estimate of drug-likeness (QED) is 0.222. The molecular weight excluding hydrogens is 355 g/mol. The second kappa shape index (κ2) is 15.1. The number of aliphatic carboxylic acids is 1. The van der Waals surface area contributed by atoms with Crippen LogP contribution in [0.2, 0.25) is 0 Å². The third kappa shape index (κ3) is 21.8. The lowest BCUT2D eigenvalue weighted by Gasteiger charge is -2.08. The summed E-state index contributed by atoms with van der Waals surface area (Å²) in [7, 11) is 0. The van der Waals surface area contributed by atoms with Crippen molar-refractivity contribution in [1.29, 1.82) is 0 Å². The van der Waals surface area contributed by atoms with Crippen molar-refractivity contribution in [2.75, 3.05) is 13.1 Å². The van der Waals surface area contributed by atoms with E-state index in [4.69, 9.17) is 21.4 Å². The van der Waals surface area contributed by atoms with Gasteiger partial charge in [-0.2, -0.15) is 13.2 Å². The van der Waals surface area contributed by atoms with Gasteiger partial charge < -0.3 is 27.2 Å². The van der Waals surface area contributed by atoms with Gasteiger partial charge in [-0.15, -0.1) is 0 Å². The predicted octanol–water partition coefficient (Wildman–Crippen LogP) is 1.94. The van der Waals surface area contributed by atoms with E-state index in [0.29, 0.717) is 18.5 Å². The molecule has 0 radical (unpaired) electrons. The summed E-state index contributed by atoms with van der Waals surface area (Å²) in [5, 5.41) is 12.8. The molecule has 0 aliphatic carbocycles. The van der Waals surface area contributed by atoms with E-state index in [1.54, 1.807) is 0 Å². The number of unbranched alkanes of at least 4 members (excludes halogenated alkanes) is 5. The Morgan fingerprint density at radius 1 is 1.04 bits per heavy atom. The van der Waals surface area contributed by atoms with Gasteiger partial charge in [-0.25, -0.2) is 9.59 Å². The fraction of sp³-hybridized carbons (Fsp3) is 0.800. The summed E-state index contributed by atoms with van der Waals surface area (Å²) < 4.78 is 31.7. The number of rotatable bonds is 10. The number of nitrogens with one attached hydrogen (secondary N) is 2. The van der Waals surface area contributed by atoms with Gasteiger partial charge in [-0.05, 0) is 26.7 Å². The van der Waals surface area contributed by atoms with Gasteiger partial charge in [-0.1, -0.05) is 25.7 Å². The van der Waals surface area contributed by atoms with Crippen molar-refractivity contribution in [2.45, 2.75) is 64.6 Å². The van der Waals surface area contributed by atoms with Gasteiger partial charge in [0.15, 0.2) is 5.96 Å². The highest BCUT2D eigenvalue weighted by Crippen LogP contribution is 2.13. The fourth-order valence-electron chi connectivity index (χ4n) is 1.70. The van der Waals surface area contributed by atoms with Crippen LogP contribution in [0.4, 0.5) is 18.0 Å². The molecule has 0 spiro atoms. The molecule has 0 fully saturated rings. The number of nitrogens with zero attached hydrogens (tertiary/aromatic N) is 1. The number of hydrogen-bond donors (Lipinski definition) is 5. The molecule has 0 aliphatic rings. The second-order valence-corrected chi connectivity index (χ2v) is 5.78. The van der Waals surface area contributed by atoms with Crippen LogP contribution >= 0.6 is 0 Å². The molecule has 0 aromatic carbocycles. The molecule has 2 amide bonds. The average Bonchev–Trinajstić information content (AvgIpc) is 2.47. The van der Waals surface area contributed by atoms with Crippen molar-refractivity contribution < 1.29 is 27.9 Å². The van der Waals surface area contributed by atoms with Crippen LogP contribution in [0.25, 0.3) is 0 Å². The first-order valence-corrected chi connectivity index (χ1v) is 8.36. The lowest BCUT2D eigenvalue weighted by molar-refractivity contribution is -0.192. The zero-order valence-corrected chi connectivity index (χ0v) is 15.2. The minimum Gasteiger partial charge on any atom is -0.475 e. The van der Waals surface area contributed by atoms with E-state index < -0.39 is 18.2 Å². The van der Waals surface area contributed by atoms with Gasteiger partial charge in [0.25, 0.3) is 0 Å². The van der Waals surface area contributed by atoms with Crippen LogP contribution in [0.3, 0.4) is 0 Å². The maximum Gasteiger partial charge on any atom is 0.490 e. The Kier molecular flexibility index (Phi) is 15.1. The SMILES string of the molecule is CC(C)NC(N)=NCCCCCCCCNC(N)=O.O=C(O)C(F)(F)F. The second-order valence-electron chi connectivity index (χ2n) is 5.78. The molecule has 26 heavy (non-hydrogen) atoms. The summed E-state index contributed by atoms with van der Waals surface area (Å²) in [6, 6.07) is -0.108. The molecule has 0 saturated heterocycles. The van der Waals surface area contributed by atoms with E-state index in [0.717, 1.165) is 25.8 Å². The van der Waals surface area contributed by atoms with E-state index >= 15 is 0 Å². The molecular formula is C15H30F3N5O3. The third-order valence-electron chi connectivity index (χ3n) is 2.85. The first-order valence-electron chi connectivity index (χ1n) is 8.36. The van der Waals surface area contributed by atoms with Crippen LogP contribution in [0.1, 0.15) is 52.4 Å². The van der Waals surface area contributed by atoms with E-state index in [1.165, 1.54) is 19.3 Å². The molecule has 0 aromatic heterocycles. The average molecular weight is 385 g/mol. The number of primary amides is 1. The molecule has 0 bridgehead atoms. The summed E-state index contributed by atoms with van der Waals surface area (Å²) in [5.41, 5.74) is 10.7. The Hall–Kier alpha value is -2.20. The number of amides is 2. The number of urea groups is 1. The van der Waals surface area contributed by atoms with Crippen LogP contribution in [0.5, 0.6) is 0 Å². The zero-order chi connectivity index (χ0) is 20.6. The Balaban J connectivity index is 0. The van der Waals surface area contributed by atoms with E-state index in [2.05, 4.69) is 15.6 Å². The Morgan fingerprint density at radius 2 is 1.50 bits per heavy atom. The monoisotopic (exact) mass is 385 g/mol. The molecule has 0 unspecified atom stereocenters. The van der Waals surface area contributed by atoms with Gasteiger partial charge >= 0.3 is 18.2 Å². The molecule has 7 N–H and O–H groups in total. The van der Waals surface area contributed by atoms with E-state index in [-0.39, 0.29) is 0 Å². The molecule has 0 aromatic rings. The molecule has 0 heterocycles. The van der Waals surface area contributed by atoms with Crippen LogP contribution in [0.15, 0.2) is 4.99 Å². The molecule has 154 valence electrons. The maximum atomic E-state index is 10.6. The first-order chi connectivity index (χ1) is 12.0. The number of nitrogens with two attached hydrogens (primary N) is 2. The minimum atomic E-state index is -5.08. The lowest BCUT2D eigenvalue weighted by Crippen LogP contribution is -2.36. The number of guanidine groups is 1. The highest BCUT2D eigenvalue weighted by Gasteiger charge is 2.38. The normalized spacial score (nSPS) is 11.5. The molecule has 0 rings (SSSR count). The number of hydrogen-bond acceptors (Lipinski definition) is 3. The van der Waals surface area contributed by atoms with Crippen LogP contribution < -0.4 is 22.1 Å². The van der Waals surface area contributed by atoms with Gasteiger partial charge in [0, 0.05) is 19.1 Å². The number of carboxylic acid groups (broad SMARTS) is 1. The summed E-state index contributed by atoms with van der Waals surface area (Å²) >= 11 is 0. The molecule has 0 aliphatic heterocycles. The standard InChI is InChI=1S/C13H29N5O.C2HF3O2/c1-11(2)18-12(14)16-9-7-5-3-4-6-8-10-17-13(15)19;3-2(4,5)1(6)7/h11H,3-10H2,1-2H3,(H3,14,16,18)(H3,15,17,19);(H,6,7).